The van der Waals surface area contributed by atoms with Gasteiger partial charge in [0.25, 0.3) is 0 Å². The zero-order chi connectivity index (χ0) is 13.5. The van der Waals surface area contributed by atoms with Crippen LogP contribution in [0.15, 0.2) is 35.4 Å². The van der Waals surface area contributed by atoms with Crippen LogP contribution in [0.5, 0.6) is 0 Å². The number of carbonyl (C=O) groups is 1. The van der Waals surface area contributed by atoms with Crippen LogP contribution in [-0.4, -0.2) is 29.6 Å². The quantitative estimate of drug-likeness (QED) is 0.760. The molecule has 2 rings (SSSR count). The third-order valence-corrected chi connectivity index (χ3v) is 3.32. The minimum absolute atomic E-state index is 0.187. The number of piperidine rings is 1. The Morgan fingerprint density at radius 1 is 1.16 bits per heavy atom. The summed E-state index contributed by atoms with van der Waals surface area (Å²) in [5.74, 6) is 0.187. The number of nitrogens with zero attached hydrogens (tertiary/aromatic N) is 2. The molecule has 3 heteroatoms. The van der Waals surface area contributed by atoms with E-state index in [1.54, 1.807) is 6.92 Å². The molecule has 0 saturated carbocycles. The predicted molar refractivity (Wildman–Crippen MR) is 78.3 cm³/mol. The summed E-state index contributed by atoms with van der Waals surface area (Å²) in [5, 5.41) is 6.83. The second kappa shape index (κ2) is 7.07. The number of hydrogen-bond acceptors (Lipinski definition) is 3. The van der Waals surface area contributed by atoms with Crippen LogP contribution in [-0.2, 0) is 11.2 Å². The average Bonchev–Trinajstić information content (AvgIpc) is 2.40. The van der Waals surface area contributed by atoms with Crippen LogP contribution in [0.3, 0.4) is 0 Å². The maximum Gasteiger partial charge on any atom is 0.135 e. The molecule has 1 aromatic carbocycles. The Morgan fingerprint density at radius 3 is 2.47 bits per heavy atom. The summed E-state index contributed by atoms with van der Waals surface area (Å²) in [7, 11) is 0. The highest BCUT2D eigenvalue weighted by molar-refractivity contribution is 6.01. The molecule has 0 N–H and O–H groups in total. The van der Waals surface area contributed by atoms with Crippen LogP contribution in [0.4, 0.5) is 0 Å². The lowest BCUT2D eigenvalue weighted by Crippen LogP contribution is -2.27. The average molecular weight is 258 g/mol. The third-order valence-electron chi connectivity index (χ3n) is 3.32. The molecule has 1 saturated heterocycles. The van der Waals surface area contributed by atoms with Crippen molar-refractivity contribution in [2.24, 2.45) is 5.10 Å². The highest BCUT2D eigenvalue weighted by Gasteiger charge is 2.11. The summed E-state index contributed by atoms with van der Waals surface area (Å²) in [6, 6.07) is 10.2. The van der Waals surface area contributed by atoms with E-state index < -0.39 is 0 Å². The Balaban J connectivity index is 2.06. The van der Waals surface area contributed by atoms with E-state index >= 15 is 0 Å². The molecule has 1 aliphatic heterocycles. The molecular formula is C16H22N2O. The molecule has 3 nitrogen and oxygen atoms in total. The monoisotopic (exact) mass is 258 g/mol. The summed E-state index contributed by atoms with van der Waals surface area (Å²) in [6.45, 7) is 3.68. The van der Waals surface area contributed by atoms with Crippen LogP contribution < -0.4 is 0 Å². The largest absolute Gasteiger partial charge is 0.300 e. The van der Waals surface area contributed by atoms with Crippen LogP contribution in [0, 0.1) is 0 Å². The van der Waals surface area contributed by atoms with Gasteiger partial charge >= 0.3 is 0 Å². The highest BCUT2D eigenvalue weighted by Crippen LogP contribution is 2.11. The van der Waals surface area contributed by atoms with Crippen molar-refractivity contribution in [1.82, 2.24) is 5.01 Å². The highest BCUT2D eigenvalue weighted by atomic mass is 16.1. The molecule has 1 aromatic rings. The molecule has 0 unspecified atom stereocenters. The summed E-state index contributed by atoms with van der Waals surface area (Å²) < 4.78 is 0. The van der Waals surface area contributed by atoms with Gasteiger partial charge in [-0.25, -0.2) is 0 Å². The van der Waals surface area contributed by atoms with E-state index in [9.17, 15) is 4.79 Å². The molecule has 102 valence electrons. The number of rotatable bonds is 5. The van der Waals surface area contributed by atoms with E-state index in [4.69, 9.17) is 5.10 Å². The van der Waals surface area contributed by atoms with E-state index in [1.165, 1.54) is 24.8 Å². The SMILES string of the molecule is CC(=O)CC(Cc1ccccc1)=NN1CCCCC1. The number of hydrogen-bond donors (Lipinski definition) is 0. The van der Waals surface area contributed by atoms with Crippen molar-refractivity contribution in [3.05, 3.63) is 35.9 Å². The number of hydrazone groups is 1. The van der Waals surface area contributed by atoms with Crippen LogP contribution in [0.2, 0.25) is 0 Å². The topological polar surface area (TPSA) is 32.7 Å². The van der Waals surface area contributed by atoms with E-state index in [-0.39, 0.29) is 5.78 Å². The maximum absolute atomic E-state index is 11.4. The van der Waals surface area contributed by atoms with Gasteiger partial charge < -0.3 is 0 Å². The van der Waals surface area contributed by atoms with Crippen molar-refractivity contribution < 1.29 is 4.79 Å². The molecule has 0 aliphatic carbocycles. The molecular weight excluding hydrogens is 236 g/mol. The Kier molecular flexibility index (Phi) is 5.13. The van der Waals surface area contributed by atoms with Crippen molar-refractivity contribution in [3.63, 3.8) is 0 Å². The Labute approximate surface area is 115 Å². The molecule has 0 bridgehead atoms. The minimum atomic E-state index is 0.187. The minimum Gasteiger partial charge on any atom is -0.300 e. The second-order valence-corrected chi connectivity index (χ2v) is 5.22. The van der Waals surface area contributed by atoms with Crippen LogP contribution >= 0.6 is 0 Å². The lowest BCUT2D eigenvalue weighted by Gasteiger charge is -2.24. The van der Waals surface area contributed by atoms with Gasteiger partial charge in [0.2, 0.25) is 0 Å². The van der Waals surface area contributed by atoms with Crippen molar-refractivity contribution in [2.75, 3.05) is 13.1 Å². The number of ketones is 1. The van der Waals surface area contributed by atoms with Gasteiger partial charge in [-0.3, -0.25) is 9.80 Å². The van der Waals surface area contributed by atoms with E-state index in [0.717, 1.165) is 25.2 Å². The van der Waals surface area contributed by atoms with E-state index in [2.05, 4.69) is 17.1 Å². The van der Waals surface area contributed by atoms with Crippen LogP contribution in [0.1, 0.15) is 38.2 Å². The fraction of sp³-hybridized carbons (Fsp3) is 0.500. The smallest absolute Gasteiger partial charge is 0.135 e. The third kappa shape index (κ3) is 4.86. The summed E-state index contributed by atoms with van der Waals surface area (Å²) in [6.07, 6.45) is 4.96. The first kappa shape index (κ1) is 13.8. The number of carbonyl (C=O) groups excluding carboxylic acids is 1. The Morgan fingerprint density at radius 2 is 1.84 bits per heavy atom. The fourth-order valence-electron chi connectivity index (χ4n) is 2.43. The normalized spacial score (nSPS) is 16.5. The van der Waals surface area contributed by atoms with Crippen LogP contribution in [0.25, 0.3) is 0 Å². The predicted octanol–water partition coefficient (Wildman–Crippen LogP) is 3.05. The molecule has 1 aliphatic rings. The zero-order valence-electron chi connectivity index (χ0n) is 11.6. The summed E-state index contributed by atoms with van der Waals surface area (Å²) in [4.78, 5) is 11.4. The van der Waals surface area contributed by atoms with Crippen molar-refractivity contribution in [2.45, 2.75) is 39.0 Å². The number of benzene rings is 1. The molecule has 0 aromatic heterocycles. The second-order valence-electron chi connectivity index (χ2n) is 5.22. The molecule has 0 amide bonds. The first-order valence-electron chi connectivity index (χ1n) is 7.09. The lowest BCUT2D eigenvalue weighted by molar-refractivity contribution is -0.115. The summed E-state index contributed by atoms with van der Waals surface area (Å²) in [5.41, 5.74) is 2.21. The van der Waals surface area contributed by atoms with Gasteiger partial charge in [0, 0.05) is 31.6 Å². The Hall–Kier alpha value is -1.64. The van der Waals surface area contributed by atoms with Gasteiger partial charge in [-0.15, -0.1) is 0 Å². The Bertz CT molecular complexity index is 433. The van der Waals surface area contributed by atoms with E-state index in [1.807, 2.05) is 18.2 Å². The van der Waals surface area contributed by atoms with Gasteiger partial charge in [0.1, 0.15) is 5.78 Å². The molecule has 0 atom stereocenters. The van der Waals surface area contributed by atoms with E-state index in [0.29, 0.717) is 6.42 Å². The molecule has 0 spiro atoms. The first-order chi connectivity index (χ1) is 9.24. The van der Waals surface area contributed by atoms with Crippen molar-refractivity contribution >= 4 is 11.5 Å². The van der Waals surface area contributed by atoms with Crippen molar-refractivity contribution in [3.8, 4) is 0 Å². The van der Waals surface area contributed by atoms with Gasteiger partial charge in [-0.1, -0.05) is 30.3 Å². The lowest BCUT2D eigenvalue weighted by atomic mass is 10.1. The molecule has 1 fully saturated rings. The summed E-state index contributed by atoms with van der Waals surface area (Å²) >= 11 is 0. The molecule has 1 heterocycles. The zero-order valence-corrected chi connectivity index (χ0v) is 11.6. The first-order valence-corrected chi connectivity index (χ1v) is 7.09. The molecule has 0 radical (unpaired) electrons. The van der Waals surface area contributed by atoms with Gasteiger partial charge in [-0.05, 0) is 31.7 Å². The molecule has 19 heavy (non-hydrogen) atoms. The number of Topliss-reactive ketones (excluding diaryl/α,β-unsaturated/α-hetero) is 1. The standard InChI is InChI=1S/C16H22N2O/c1-14(19)12-16(13-15-8-4-2-5-9-15)17-18-10-6-3-7-11-18/h2,4-5,8-9H,3,6-7,10-13H2,1H3. The van der Waals surface area contributed by atoms with Crippen molar-refractivity contribution in [1.29, 1.82) is 0 Å². The van der Waals surface area contributed by atoms with Gasteiger partial charge in [0.05, 0.1) is 0 Å². The maximum atomic E-state index is 11.4. The van der Waals surface area contributed by atoms with Gasteiger partial charge in [0.15, 0.2) is 0 Å². The van der Waals surface area contributed by atoms with Gasteiger partial charge in [-0.2, -0.15) is 5.10 Å². The fourth-order valence-corrected chi connectivity index (χ4v) is 2.43.